The first kappa shape index (κ1) is 19.6. The summed E-state index contributed by atoms with van der Waals surface area (Å²) in [6, 6.07) is 1.27. The van der Waals surface area contributed by atoms with Crippen LogP contribution in [0.3, 0.4) is 0 Å². The molecule has 1 saturated carbocycles. The Morgan fingerprint density at radius 2 is 1.43 bits per heavy atom. The summed E-state index contributed by atoms with van der Waals surface area (Å²) < 4.78 is 18.7. The van der Waals surface area contributed by atoms with Crippen LogP contribution < -0.4 is 0 Å². The summed E-state index contributed by atoms with van der Waals surface area (Å²) in [5, 5.41) is 0. The van der Waals surface area contributed by atoms with Gasteiger partial charge in [0.15, 0.2) is 8.32 Å². The number of hydrogen-bond acceptors (Lipinski definition) is 3. The van der Waals surface area contributed by atoms with Gasteiger partial charge >= 0.3 is 17.1 Å². The molecular formula is C15H36O3Si3. The highest BCUT2D eigenvalue weighted by molar-refractivity contribution is 6.86. The average Bonchev–Trinajstić information content (AvgIpc) is 2.75. The van der Waals surface area contributed by atoms with Gasteiger partial charge in [0, 0.05) is 6.61 Å². The summed E-state index contributed by atoms with van der Waals surface area (Å²) in [7, 11) is -5.74. The number of hydrogen-bond donors (Lipinski definition) is 0. The van der Waals surface area contributed by atoms with Crippen molar-refractivity contribution in [3.8, 4) is 0 Å². The zero-order valence-electron chi connectivity index (χ0n) is 15.3. The van der Waals surface area contributed by atoms with E-state index in [1.54, 1.807) is 0 Å². The predicted octanol–water partition coefficient (Wildman–Crippen LogP) is 5.25. The first-order valence-electron chi connectivity index (χ1n) is 8.59. The molecule has 1 fully saturated rings. The summed E-state index contributed by atoms with van der Waals surface area (Å²) in [6.07, 6.45) is 7.10. The summed E-state index contributed by atoms with van der Waals surface area (Å²) in [4.78, 5) is 0. The summed E-state index contributed by atoms with van der Waals surface area (Å²) in [5.41, 5.74) is 0. The quantitative estimate of drug-likeness (QED) is 0.533. The van der Waals surface area contributed by atoms with Gasteiger partial charge in [0.1, 0.15) is 0 Å². The molecule has 21 heavy (non-hydrogen) atoms. The Morgan fingerprint density at radius 1 is 0.857 bits per heavy atom. The van der Waals surface area contributed by atoms with Gasteiger partial charge in [-0.2, -0.15) is 0 Å². The minimum Gasteiger partial charge on any atom is -0.436 e. The topological polar surface area (TPSA) is 27.7 Å². The zero-order valence-corrected chi connectivity index (χ0v) is 18.3. The molecule has 0 N–H and O–H groups in total. The first-order valence-corrected chi connectivity index (χ1v) is 17.3. The normalized spacial score (nSPS) is 18.4. The molecule has 0 saturated heterocycles. The highest BCUT2D eigenvalue weighted by atomic mass is 28.5. The lowest BCUT2D eigenvalue weighted by molar-refractivity contribution is 0.242. The molecule has 1 aliphatic carbocycles. The van der Waals surface area contributed by atoms with Crippen LogP contribution in [0, 0.1) is 5.92 Å². The third kappa shape index (κ3) is 8.08. The molecule has 0 aromatic carbocycles. The third-order valence-electron chi connectivity index (χ3n) is 4.13. The smallest absolute Gasteiger partial charge is 0.322 e. The lowest BCUT2D eigenvalue weighted by Gasteiger charge is -2.38. The van der Waals surface area contributed by atoms with E-state index in [4.69, 9.17) is 12.7 Å². The van der Waals surface area contributed by atoms with Crippen LogP contribution in [0.25, 0.3) is 0 Å². The van der Waals surface area contributed by atoms with Crippen molar-refractivity contribution in [3.63, 3.8) is 0 Å². The Labute approximate surface area is 135 Å². The molecule has 0 aromatic rings. The van der Waals surface area contributed by atoms with Gasteiger partial charge in [0.05, 0.1) is 0 Å². The van der Waals surface area contributed by atoms with Gasteiger partial charge in [0.25, 0.3) is 0 Å². The summed E-state index contributed by atoms with van der Waals surface area (Å²) in [6.45, 7) is 16.1. The van der Waals surface area contributed by atoms with E-state index in [0.29, 0.717) is 0 Å². The fourth-order valence-corrected chi connectivity index (χ4v) is 16.6. The van der Waals surface area contributed by atoms with Gasteiger partial charge in [-0.3, -0.25) is 0 Å². The minimum atomic E-state index is -2.09. The molecule has 0 radical (unpaired) electrons. The lowest BCUT2D eigenvalue weighted by atomic mass is 10.1. The molecular weight excluding hydrogens is 312 g/mol. The molecule has 0 aliphatic heterocycles. The van der Waals surface area contributed by atoms with Crippen molar-refractivity contribution >= 4 is 25.4 Å². The highest BCUT2D eigenvalue weighted by Crippen LogP contribution is 2.32. The fourth-order valence-electron chi connectivity index (χ4n) is 3.56. The fraction of sp³-hybridized carbons (Fsp3) is 1.00. The average molecular weight is 349 g/mol. The van der Waals surface area contributed by atoms with Crippen LogP contribution in [0.15, 0.2) is 0 Å². The highest BCUT2D eigenvalue weighted by Gasteiger charge is 2.40. The van der Waals surface area contributed by atoms with E-state index < -0.39 is 25.4 Å². The van der Waals surface area contributed by atoms with Gasteiger partial charge in [0.2, 0.25) is 0 Å². The monoisotopic (exact) mass is 348 g/mol. The predicted molar refractivity (Wildman–Crippen MR) is 97.6 cm³/mol. The van der Waals surface area contributed by atoms with Crippen molar-refractivity contribution in [3.05, 3.63) is 0 Å². The minimum absolute atomic E-state index is 0.728. The molecule has 0 bridgehead atoms. The maximum atomic E-state index is 6.58. The maximum Gasteiger partial charge on any atom is 0.322 e. The number of rotatable bonds is 9. The SMILES string of the molecule is CCO[Si](C)(C)O[Si](C)(C)O[Si](C)(C)CCC1CCCC1. The molecule has 0 heterocycles. The Bertz CT molecular complexity index is 313. The second-order valence-corrected chi connectivity index (χ2v) is 19.4. The molecule has 0 atom stereocenters. The van der Waals surface area contributed by atoms with Crippen molar-refractivity contribution < 1.29 is 12.7 Å². The first-order chi connectivity index (χ1) is 9.55. The Hall–Kier alpha value is 0.531. The lowest BCUT2D eigenvalue weighted by Crippen LogP contribution is -2.53. The molecule has 0 amide bonds. The van der Waals surface area contributed by atoms with E-state index in [1.165, 1.54) is 38.1 Å². The standard InChI is InChI=1S/C15H36O3Si3/c1-8-16-20(4,5)18-21(6,7)17-19(2,3)14-13-15-11-9-10-12-15/h15H,8-14H2,1-7H3. The van der Waals surface area contributed by atoms with E-state index in [1.807, 2.05) is 6.92 Å². The van der Waals surface area contributed by atoms with Gasteiger partial charge in [-0.15, -0.1) is 0 Å². The maximum absolute atomic E-state index is 6.58. The van der Waals surface area contributed by atoms with E-state index in [0.717, 1.165) is 12.5 Å². The van der Waals surface area contributed by atoms with Crippen molar-refractivity contribution in [2.75, 3.05) is 6.61 Å². The van der Waals surface area contributed by atoms with Crippen LogP contribution >= 0.6 is 0 Å². The Morgan fingerprint density at radius 3 is 1.95 bits per heavy atom. The van der Waals surface area contributed by atoms with Crippen LogP contribution in [0.1, 0.15) is 39.0 Å². The van der Waals surface area contributed by atoms with E-state index in [2.05, 4.69) is 39.3 Å². The molecule has 6 heteroatoms. The van der Waals surface area contributed by atoms with Crippen molar-refractivity contribution in [1.29, 1.82) is 0 Å². The molecule has 1 rings (SSSR count). The van der Waals surface area contributed by atoms with E-state index >= 15 is 0 Å². The second kappa shape index (κ2) is 7.88. The van der Waals surface area contributed by atoms with Crippen molar-refractivity contribution in [2.24, 2.45) is 5.92 Å². The van der Waals surface area contributed by atoms with Crippen LogP contribution in [0.4, 0.5) is 0 Å². The Balaban J connectivity index is 2.46. The molecule has 0 spiro atoms. The van der Waals surface area contributed by atoms with Crippen molar-refractivity contribution in [2.45, 2.75) is 84.4 Å². The van der Waals surface area contributed by atoms with Crippen molar-refractivity contribution in [1.82, 2.24) is 0 Å². The van der Waals surface area contributed by atoms with Crippen LogP contribution in [-0.4, -0.2) is 32.0 Å². The molecule has 126 valence electrons. The Kier molecular flexibility index (Phi) is 7.34. The largest absolute Gasteiger partial charge is 0.436 e. The molecule has 0 aromatic heterocycles. The second-order valence-electron chi connectivity index (χ2n) is 7.89. The molecule has 1 aliphatic rings. The van der Waals surface area contributed by atoms with E-state index in [-0.39, 0.29) is 0 Å². The van der Waals surface area contributed by atoms with Crippen LogP contribution in [0.5, 0.6) is 0 Å². The van der Waals surface area contributed by atoms with E-state index in [9.17, 15) is 0 Å². The van der Waals surface area contributed by atoms with Gasteiger partial charge in [-0.05, 0) is 58.2 Å². The summed E-state index contributed by atoms with van der Waals surface area (Å²) >= 11 is 0. The van der Waals surface area contributed by atoms with Gasteiger partial charge < -0.3 is 12.7 Å². The molecule has 0 unspecified atom stereocenters. The van der Waals surface area contributed by atoms with Gasteiger partial charge in [-0.25, -0.2) is 0 Å². The third-order valence-corrected chi connectivity index (χ3v) is 14.7. The summed E-state index contributed by atoms with van der Waals surface area (Å²) in [5.74, 6) is 0.959. The zero-order chi connectivity index (χ0) is 16.1. The van der Waals surface area contributed by atoms with Crippen LogP contribution in [0.2, 0.25) is 45.3 Å². The van der Waals surface area contributed by atoms with Crippen LogP contribution in [-0.2, 0) is 12.7 Å². The molecule has 3 nitrogen and oxygen atoms in total. The van der Waals surface area contributed by atoms with Gasteiger partial charge in [-0.1, -0.05) is 32.1 Å².